The molecule has 1 unspecified atom stereocenters. The molecule has 0 spiro atoms. The van der Waals surface area contributed by atoms with Gasteiger partial charge < -0.3 is 19.3 Å². The predicted octanol–water partition coefficient (Wildman–Crippen LogP) is 3.68. The fourth-order valence-corrected chi connectivity index (χ4v) is 4.18. The number of hydrogen-bond acceptors (Lipinski definition) is 6. The van der Waals surface area contributed by atoms with Gasteiger partial charge in [-0.3, -0.25) is 9.69 Å². The zero-order chi connectivity index (χ0) is 21.0. The summed E-state index contributed by atoms with van der Waals surface area (Å²) < 4.78 is 16.6. The average molecular weight is 419 g/mol. The summed E-state index contributed by atoms with van der Waals surface area (Å²) in [6.45, 7) is 3.68. The lowest BCUT2D eigenvalue weighted by Gasteiger charge is -2.28. The Labute approximate surface area is 180 Å². The van der Waals surface area contributed by atoms with Crippen molar-refractivity contribution >= 4 is 5.91 Å². The highest BCUT2D eigenvalue weighted by Crippen LogP contribution is 2.34. The number of carbonyl (C=O) groups is 1. The molecule has 160 valence electrons. The molecule has 1 N–H and O–H groups in total. The molecule has 1 saturated heterocycles. The van der Waals surface area contributed by atoms with E-state index in [0.717, 1.165) is 18.7 Å². The minimum Gasteiger partial charge on any atom is -0.486 e. The van der Waals surface area contributed by atoms with Gasteiger partial charge in [-0.15, -0.1) is 0 Å². The first-order chi connectivity index (χ1) is 15.3. The van der Waals surface area contributed by atoms with Gasteiger partial charge in [-0.25, -0.2) is 0 Å². The molecule has 2 aliphatic heterocycles. The molecule has 3 heterocycles. The van der Waals surface area contributed by atoms with E-state index >= 15 is 0 Å². The molecular weight excluding hydrogens is 394 g/mol. The summed E-state index contributed by atoms with van der Waals surface area (Å²) in [4.78, 5) is 15.2. The van der Waals surface area contributed by atoms with Crippen molar-refractivity contribution in [2.45, 2.75) is 18.9 Å². The van der Waals surface area contributed by atoms with Crippen LogP contribution in [-0.2, 0) is 0 Å². The number of rotatable bonds is 6. The van der Waals surface area contributed by atoms with Gasteiger partial charge in [0, 0.05) is 18.2 Å². The molecule has 1 fully saturated rings. The van der Waals surface area contributed by atoms with Crippen LogP contribution in [0.4, 0.5) is 0 Å². The third-order valence-corrected chi connectivity index (χ3v) is 5.79. The van der Waals surface area contributed by atoms with Crippen LogP contribution in [0.1, 0.15) is 34.9 Å². The van der Waals surface area contributed by atoms with Crippen LogP contribution in [-0.4, -0.2) is 48.8 Å². The Balaban J connectivity index is 1.28. The number of nitrogens with one attached hydrogen (secondary N) is 1. The number of hydrogen-bond donors (Lipinski definition) is 1. The Kier molecular flexibility index (Phi) is 5.58. The SMILES string of the molecule is O=C(NCC(c1ccccc1)N1CCCC1)c1cc(-c2ccc3c(c2)OCCO3)on1. The van der Waals surface area contributed by atoms with E-state index in [1.807, 2.05) is 36.4 Å². The third kappa shape index (κ3) is 4.27. The van der Waals surface area contributed by atoms with Crippen molar-refractivity contribution in [3.05, 3.63) is 65.9 Å². The lowest BCUT2D eigenvalue weighted by Crippen LogP contribution is -2.36. The van der Waals surface area contributed by atoms with Gasteiger partial charge in [-0.1, -0.05) is 35.5 Å². The molecule has 1 aromatic heterocycles. The lowest BCUT2D eigenvalue weighted by atomic mass is 10.1. The predicted molar refractivity (Wildman–Crippen MR) is 115 cm³/mol. The first-order valence-corrected chi connectivity index (χ1v) is 10.7. The summed E-state index contributed by atoms with van der Waals surface area (Å²) in [5.41, 5.74) is 2.26. The highest BCUT2D eigenvalue weighted by molar-refractivity contribution is 5.93. The van der Waals surface area contributed by atoms with Gasteiger partial charge >= 0.3 is 0 Å². The fraction of sp³-hybridized carbons (Fsp3) is 0.333. The number of fused-ring (bicyclic) bond motifs is 1. The van der Waals surface area contributed by atoms with Gasteiger partial charge in [-0.2, -0.15) is 0 Å². The largest absolute Gasteiger partial charge is 0.486 e. The van der Waals surface area contributed by atoms with Crippen LogP contribution in [0.2, 0.25) is 0 Å². The van der Waals surface area contributed by atoms with Gasteiger partial charge in [0.1, 0.15) is 13.2 Å². The zero-order valence-electron chi connectivity index (χ0n) is 17.3. The molecular formula is C24H25N3O4. The maximum Gasteiger partial charge on any atom is 0.273 e. The van der Waals surface area contributed by atoms with Crippen molar-refractivity contribution in [2.24, 2.45) is 0 Å². The summed E-state index contributed by atoms with van der Waals surface area (Å²) in [5, 5.41) is 7.02. The molecule has 0 radical (unpaired) electrons. The van der Waals surface area contributed by atoms with E-state index in [2.05, 4.69) is 27.5 Å². The number of benzene rings is 2. The quantitative estimate of drug-likeness (QED) is 0.657. The highest BCUT2D eigenvalue weighted by Gasteiger charge is 2.25. The number of aromatic nitrogens is 1. The Morgan fingerprint density at radius 2 is 1.77 bits per heavy atom. The van der Waals surface area contributed by atoms with Crippen LogP contribution in [0, 0.1) is 0 Å². The average Bonchev–Trinajstić information content (AvgIpc) is 3.52. The molecule has 2 aromatic carbocycles. The van der Waals surface area contributed by atoms with E-state index in [9.17, 15) is 4.79 Å². The molecule has 1 amide bonds. The second kappa shape index (κ2) is 8.81. The lowest BCUT2D eigenvalue weighted by molar-refractivity contribution is 0.0929. The number of carbonyl (C=O) groups excluding carboxylic acids is 1. The summed E-state index contributed by atoms with van der Waals surface area (Å²) in [5.74, 6) is 1.65. The van der Waals surface area contributed by atoms with Gasteiger partial charge in [0.15, 0.2) is 23.0 Å². The van der Waals surface area contributed by atoms with Crippen molar-refractivity contribution in [3.8, 4) is 22.8 Å². The normalized spacial score (nSPS) is 16.8. The van der Waals surface area contributed by atoms with Crippen LogP contribution >= 0.6 is 0 Å². The molecule has 2 aliphatic rings. The second-order valence-electron chi connectivity index (χ2n) is 7.81. The maximum absolute atomic E-state index is 12.8. The van der Waals surface area contributed by atoms with Crippen molar-refractivity contribution in [2.75, 3.05) is 32.8 Å². The van der Waals surface area contributed by atoms with E-state index in [1.54, 1.807) is 6.07 Å². The molecule has 0 bridgehead atoms. The molecule has 0 saturated carbocycles. The minimum atomic E-state index is -0.243. The van der Waals surface area contributed by atoms with Crippen LogP contribution in [0.15, 0.2) is 59.1 Å². The molecule has 7 nitrogen and oxygen atoms in total. The number of amides is 1. The van der Waals surface area contributed by atoms with Crippen LogP contribution in [0.25, 0.3) is 11.3 Å². The maximum atomic E-state index is 12.8. The second-order valence-corrected chi connectivity index (χ2v) is 7.81. The Morgan fingerprint density at radius 3 is 2.58 bits per heavy atom. The van der Waals surface area contributed by atoms with E-state index in [1.165, 1.54) is 18.4 Å². The van der Waals surface area contributed by atoms with Crippen LogP contribution < -0.4 is 14.8 Å². The summed E-state index contributed by atoms with van der Waals surface area (Å²) in [6, 6.07) is 17.7. The molecule has 3 aromatic rings. The highest BCUT2D eigenvalue weighted by atomic mass is 16.6. The molecule has 0 aliphatic carbocycles. The topological polar surface area (TPSA) is 76.8 Å². The molecule has 1 atom stereocenters. The first kappa shape index (κ1) is 19.6. The van der Waals surface area contributed by atoms with Gasteiger partial charge in [0.25, 0.3) is 5.91 Å². The summed E-state index contributed by atoms with van der Waals surface area (Å²) in [7, 11) is 0. The zero-order valence-corrected chi connectivity index (χ0v) is 17.3. The summed E-state index contributed by atoms with van der Waals surface area (Å²) in [6.07, 6.45) is 2.39. The Bertz CT molecular complexity index is 1040. The number of ether oxygens (including phenoxy) is 2. The van der Waals surface area contributed by atoms with E-state index in [-0.39, 0.29) is 17.6 Å². The van der Waals surface area contributed by atoms with Gasteiger partial charge in [-0.05, 0) is 49.7 Å². The van der Waals surface area contributed by atoms with E-state index < -0.39 is 0 Å². The van der Waals surface area contributed by atoms with E-state index in [4.69, 9.17) is 14.0 Å². The third-order valence-electron chi connectivity index (χ3n) is 5.79. The van der Waals surface area contributed by atoms with E-state index in [0.29, 0.717) is 37.0 Å². The van der Waals surface area contributed by atoms with Crippen LogP contribution in [0.5, 0.6) is 11.5 Å². The van der Waals surface area contributed by atoms with Crippen molar-refractivity contribution in [3.63, 3.8) is 0 Å². The Morgan fingerprint density at radius 1 is 1.00 bits per heavy atom. The Hall–Kier alpha value is -3.32. The van der Waals surface area contributed by atoms with Gasteiger partial charge in [0.05, 0.1) is 6.04 Å². The first-order valence-electron chi connectivity index (χ1n) is 10.7. The smallest absolute Gasteiger partial charge is 0.273 e. The molecule has 5 rings (SSSR count). The minimum absolute atomic E-state index is 0.150. The molecule has 7 heteroatoms. The van der Waals surface area contributed by atoms with Crippen LogP contribution in [0.3, 0.4) is 0 Å². The molecule has 31 heavy (non-hydrogen) atoms. The number of nitrogens with zero attached hydrogens (tertiary/aromatic N) is 2. The van der Waals surface area contributed by atoms with Crippen molar-refractivity contribution < 1.29 is 18.8 Å². The van der Waals surface area contributed by atoms with Crippen molar-refractivity contribution in [1.82, 2.24) is 15.4 Å². The monoisotopic (exact) mass is 419 g/mol. The summed E-state index contributed by atoms with van der Waals surface area (Å²) >= 11 is 0. The standard InChI is InChI=1S/C24H25N3O4/c28-24(25-16-20(27-10-4-5-11-27)17-6-2-1-3-7-17)19-15-22(31-26-19)18-8-9-21-23(14-18)30-13-12-29-21/h1-3,6-9,14-15,20H,4-5,10-13,16H2,(H,25,28). The fourth-order valence-electron chi connectivity index (χ4n) is 4.18. The van der Waals surface area contributed by atoms with Gasteiger partial charge in [0.2, 0.25) is 0 Å². The van der Waals surface area contributed by atoms with Crippen molar-refractivity contribution in [1.29, 1.82) is 0 Å². The number of likely N-dealkylation sites (tertiary alicyclic amines) is 1.